The summed E-state index contributed by atoms with van der Waals surface area (Å²) in [5.74, 6) is 1.49. The fraction of sp³-hybridized carbons (Fsp3) is 0.562. The van der Waals surface area contributed by atoms with Crippen LogP contribution in [0.25, 0.3) is 11.0 Å². The number of nitrogens with zero attached hydrogens (tertiary/aromatic N) is 2. The van der Waals surface area contributed by atoms with Gasteiger partial charge in [-0.25, -0.2) is 13.8 Å². The van der Waals surface area contributed by atoms with Gasteiger partial charge in [-0.15, -0.1) is 11.6 Å². The van der Waals surface area contributed by atoms with Crippen LogP contribution in [0.2, 0.25) is 0 Å². The van der Waals surface area contributed by atoms with Crippen molar-refractivity contribution >= 4 is 22.6 Å². The minimum absolute atomic E-state index is 0.277. The predicted octanol–water partition coefficient (Wildman–Crippen LogP) is 4.46. The molecule has 21 heavy (non-hydrogen) atoms. The smallest absolute Gasteiger partial charge is 0.153 e. The first-order valence-corrected chi connectivity index (χ1v) is 8.12. The van der Waals surface area contributed by atoms with E-state index in [-0.39, 0.29) is 5.52 Å². The molecule has 2 fully saturated rings. The molecule has 0 aliphatic heterocycles. The van der Waals surface area contributed by atoms with Gasteiger partial charge in [0.05, 0.1) is 5.52 Å². The van der Waals surface area contributed by atoms with Crippen molar-refractivity contribution in [3.05, 3.63) is 29.6 Å². The fourth-order valence-corrected chi connectivity index (χ4v) is 4.50. The monoisotopic (exact) mass is 310 g/mol. The van der Waals surface area contributed by atoms with Crippen LogP contribution in [0, 0.1) is 23.5 Å². The highest BCUT2D eigenvalue weighted by Crippen LogP contribution is 2.51. The molecule has 0 amide bonds. The number of hydrogen-bond acceptors (Lipinski definition) is 1. The van der Waals surface area contributed by atoms with Gasteiger partial charge in [-0.3, -0.25) is 0 Å². The van der Waals surface area contributed by atoms with Crippen LogP contribution in [0.4, 0.5) is 8.78 Å². The maximum Gasteiger partial charge on any atom is 0.153 e. The predicted molar refractivity (Wildman–Crippen MR) is 78.6 cm³/mol. The molecule has 0 spiro atoms. The van der Waals surface area contributed by atoms with Gasteiger partial charge in [-0.1, -0.05) is 6.42 Å². The molecule has 1 heterocycles. The molecule has 3 atom stereocenters. The number of halogens is 3. The van der Waals surface area contributed by atoms with E-state index in [0.717, 1.165) is 24.2 Å². The molecule has 0 radical (unpaired) electrons. The number of rotatable bonds is 3. The zero-order valence-corrected chi connectivity index (χ0v) is 12.4. The van der Waals surface area contributed by atoms with E-state index in [1.54, 1.807) is 0 Å². The zero-order chi connectivity index (χ0) is 14.6. The lowest BCUT2D eigenvalue weighted by Gasteiger charge is -2.25. The lowest BCUT2D eigenvalue weighted by Crippen LogP contribution is -2.18. The van der Waals surface area contributed by atoms with Crippen LogP contribution in [0.5, 0.6) is 0 Å². The minimum atomic E-state index is -0.581. The molecule has 2 aliphatic carbocycles. The third-order valence-electron chi connectivity index (χ3n) is 5.14. The Hall–Kier alpha value is -1.16. The third kappa shape index (κ3) is 2.07. The second kappa shape index (κ2) is 4.94. The van der Waals surface area contributed by atoms with Gasteiger partial charge in [0.1, 0.15) is 17.2 Å². The highest BCUT2D eigenvalue weighted by atomic mass is 35.5. The van der Waals surface area contributed by atoms with Crippen LogP contribution < -0.4 is 0 Å². The molecular formula is C16H17ClF2N2. The molecule has 2 aliphatic rings. The van der Waals surface area contributed by atoms with Crippen molar-refractivity contribution in [2.45, 2.75) is 38.1 Å². The quantitative estimate of drug-likeness (QED) is 0.765. The second-order valence-corrected chi connectivity index (χ2v) is 6.71. The van der Waals surface area contributed by atoms with E-state index in [4.69, 9.17) is 11.6 Å². The summed E-state index contributed by atoms with van der Waals surface area (Å²) in [6, 6.07) is 2.65. The van der Waals surface area contributed by atoms with Crippen molar-refractivity contribution in [3.63, 3.8) is 0 Å². The van der Waals surface area contributed by atoms with Crippen LogP contribution >= 0.6 is 11.6 Å². The van der Waals surface area contributed by atoms with E-state index in [9.17, 15) is 8.78 Å². The molecule has 2 aromatic rings. The Bertz CT molecular complexity index is 697. The zero-order valence-electron chi connectivity index (χ0n) is 11.7. The highest BCUT2D eigenvalue weighted by Gasteiger charge is 2.41. The average Bonchev–Trinajstić information content (AvgIpc) is 3.12. The summed E-state index contributed by atoms with van der Waals surface area (Å²) < 4.78 is 29.7. The number of hydrogen-bond donors (Lipinski definition) is 0. The minimum Gasteiger partial charge on any atom is -0.324 e. The number of imidazole rings is 1. The lowest BCUT2D eigenvalue weighted by atomic mass is 9.95. The number of aryl methyl sites for hydroxylation is 1. The van der Waals surface area contributed by atoms with Gasteiger partial charge < -0.3 is 4.57 Å². The molecule has 1 aromatic carbocycles. The standard InChI is InChI=1S/C16H17ClF2N2/c17-4-3-15-20-16-12(19)7-11(18)8-14(16)21(15)13-6-9-1-2-10(13)5-9/h7-10,13H,1-6H2. The summed E-state index contributed by atoms with van der Waals surface area (Å²) in [7, 11) is 0. The maximum absolute atomic E-state index is 14.0. The van der Waals surface area contributed by atoms with Crippen molar-refractivity contribution in [1.29, 1.82) is 0 Å². The molecule has 5 heteroatoms. The molecule has 2 bridgehead atoms. The molecule has 1 aromatic heterocycles. The van der Waals surface area contributed by atoms with E-state index in [2.05, 4.69) is 9.55 Å². The Kier molecular flexibility index (Phi) is 3.18. The van der Waals surface area contributed by atoms with E-state index in [1.165, 1.54) is 25.3 Å². The first-order chi connectivity index (χ1) is 10.2. The van der Waals surface area contributed by atoms with Gasteiger partial charge in [-0.2, -0.15) is 0 Å². The summed E-state index contributed by atoms with van der Waals surface area (Å²) in [4.78, 5) is 4.41. The van der Waals surface area contributed by atoms with E-state index in [0.29, 0.717) is 29.8 Å². The Balaban J connectivity index is 1.90. The summed E-state index contributed by atoms with van der Waals surface area (Å²) in [5, 5.41) is 0. The van der Waals surface area contributed by atoms with Gasteiger partial charge >= 0.3 is 0 Å². The summed E-state index contributed by atoms with van der Waals surface area (Å²) in [5.41, 5.74) is 0.865. The molecule has 2 saturated carbocycles. The molecular weight excluding hydrogens is 294 g/mol. The van der Waals surface area contributed by atoms with E-state index < -0.39 is 11.6 Å². The maximum atomic E-state index is 14.0. The van der Waals surface area contributed by atoms with Crippen LogP contribution in [0.3, 0.4) is 0 Å². The van der Waals surface area contributed by atoms with Crippen molar-refractivity contribution < 1.29 is 8.78 Å². The van der Waals surface area contributed by atoms with Gasteiger partial charge in [0.25, 0.3) is 0 Å². The molecule has 0 N–H and O–H groups in total. The normalized spacial score (nSPS) is 27.9. The summed E-state index contributed by atoms with van der Waals surface area (Å²) >= 11 is 5.87. The lowest BCUT2D eigenvalue weighted by molar-refractivity contribution is 0.329. The average molecular weight is 311 g/mol. The number of alkyl halides is 1. The molecule has 4 rings (SSSR count). The van der Waals surface area contributed by atoms with Crippen molar-refractivity contribution in [2.24, 2.45) is 11.8 Å². The highest BCUT2D eigenvalue weighted by molar-refractivity contribution is 6.17. The molecule has 3 unspecified atom stereocenters. The largest absolute Gasteiger partial charge is 0.324 e. The SMILES string of the molecule is Fc1cc(F)c2nc(CCCl)n(C3CC4CCC3C4)c2c1. The van der Waals surface area contributed by atoms with Crippen molar-refractivity contribution in [2.75, 3.05) is 5.88 Å². The Morgan fingerprint density at radius 2 is 2.10 bits per heavy atom. The summed E-state index contributed by atoms with van der Waals surface area (Å²) in [6.07, 6.45) is 5.44. The third-order valence-corrected chi connectivity index (χ3v) is 5.33. The first-order valence-electron chi connectivity index (χ1n) is 7.59. The van der Waals surface area contributed by atoms with Crippen LogP contribution in [-0.2, 0) is 6.42 Å². The Labute approximate surface area is 127 Å². The number of fused-ring (bicyclic) bond motifs is 3. The van der Waals surface area contributed by atoms with Crippen LogP contribution in [0.15, 0.2) is 12.1 Å². The Morgan fingerprint density at radius 1 is 1.24 bits per heavy atom. The number of benzene rings is 1. The second-order valence-electron chi connectivity index (χ2n) is 6.33. The fourth-order valence-electron chi connectivity index (χ4n) is 4.33. The summed E-state index contributed by atoms with van der Waals surface area (Å²) in [6.45, 7) is 0. The molecule has 112 valence electrons. The van der Waals surface area contributed by atoms with E-state index in [1.807, 2.05) is 0 Å². The topological polar surface area (TPSA) is 17.8 Å². The van der Waals surface area contributed by atoms with E-state index >= 15 is 0 Å². The molecule has 0 saturated heterocycles. The van der Waals surface area contributed by atoms with Crippen molar-refractivity contribution in [1.82, 2.24) is 9.55 Å². The van der Waals surface area contributed by atoms with Crippen molar-refractivity contribution in [3.8, 4) is 0 Å². The first kappa shape index (κ1) is 13.5. The Morgan fingerprint density at radius 3 is 2.76 bits per heavy atom. The van der Waals surface area contributed by atoms with Gasteiger partial charge in [0.15, 0.2) is 5.82 Å². The van der Waals surface area contributed by atoms with Crippen LogP contribution in [0.1, 0.15) is 37.5 Å². The van der Waals surface area contributed by atoms with Gasteiger partial charge in [0, 0.05) is 24.4 Å². The van der Waals surface area contributed by atoms with Gasteiger partial charge in [0.2, 0.25) is 0 Å². The molecule has 2 nitrogen and oxygen atoms in total. The van der Waals surface area contributed by atoms with Gasteiger partial charge in [-0.05, 0) is 37.2 Å². The number of aromatic nitrogens is 2. The van der Waals surface area contributed by atoms with Crippen LogP contribution in [-0.4, -0.2) is 15.4 Å².